The van der Waals surface area contributed by atoms with Gasteiger partial charge in [0.25, 0.3) is 0 Å². The predicted molar refractivity (Wildman–Crippen MR) is 86.7 cm³/mol. The van der Waals surface area contributed by atoms with Crippen LogP contribution in [-0.2, 0) is 5.60 Å². The first-order valence-corrected chi connectivity index (χ1v) is 7.04. The van der Waals surface area contributed by atoms with Crippen molar-refractivity contribution in [1.29, 1.82) is 0 Å². The molecule has 0 saturated heterocycles. The Morgan fingerprint density at radius 3 is 2.38 bits per heavy atom. The van der Waals surface area contributed by atoms with Gasteiger partial charge in [-0.25, -0.2) is 4.98 Å². The fraction of sp³-hybridized carbons (Fsp3) is 0.375. The molecule has 5 heteroatoms. The van der Waals surface area contributed by atoms with Crippen molar-refractivity contribution in [2.75, 3.05) is 5.73 Å². The maximum atomic E-state index is 10.1. The molecule has 0 saturated carbocycles. The summed E-state index contributed by atoms with van der Waals surface area (Å²) in [7, 11) is 0. The summed E-state index contributed by atoms with van der Waals surface area (Å²) in [5, 5.41) is 12.3. The zero-order valence-corrected chi connectivity index (χ0v) is 14.0. The first-order chi connectivity index (χ1) is 9.31. The number of hydrogen-bond donors (Lipinski definition) is 2. The molecule has 3 N–H and O–H groups in total. The molecule has 3 nitrogen and oxygen atoms in total. The fourth-order valence-electron chi connectivity index (χ4n) is 1.75. The van der Waals surface area contributed by atoms with E-state index in [1.807, 2.05) is 6.07 Å². The van der Waals surface area contributed by atoms with Crippen molar-refractivity contribution < 1.29 is 24.0 Å². The van der Waals surface area contributed by atoms with Crippen LogP contribution < -0.4 is 24.6 Å². The van der Waals surface area contributed by atoms with Crippen LogP contribution in [0.2, 0.25) is 5.02 Å². The van der Waals surface area contributed by atoms with Gasteiger partial charge in [0.05, 0.1) is 5.60 Å². The zero-order chi connectivity index (χ0) is 15.3. The molecular weight excluding hydrogens is 279 g/mol. The number of pyridine rings is 1. The first-order valence-electron chi connectivity index (χ1n) is 6.67. The van der Waals surface area contributed by atoms with Crippen LogP contribution in [0.25, 0.3) is 10.8 Å². The van der Waals surface area contributed by atoms with E-state index in [1.54, 1.807) is 32.2 Å². The van der Waals surface area contributed by atoms with E-state index < -0.39 is 5.60 Å². The largest absolute Gasteiger partial charge is 1.00 e. The van der Waals surface area contributed by atoms with Crippen LogP contribution >= 0.6 is 11.6 Å². The van der Waals surface area contributed by atoms with Crippen molar-refractivity contribution in [3.05, 3.63) is 41.9 Å². The fourth-order valence-corrected chi connectivity index (χ4v) is 1.97. The Morgan fingerprint density at radius 1 is 1.33 bits per heavy atom. The second-order valence-corrected chi connectivity index (χ2v) is 5.57. The van der Waals surface area contributed by atoms with Crippen LogP contribution in [0.3, 0.4) is 0 Å². The first kappa shape index (κ1) is 20.3. The van der Waals surface area contributed by atoms with Crippen LogP contribution in [0.4, 0.5) is 5.82 Å². The topological polar surface area (TPSA) is 59.1 Å². The minimum atomic E-state index is -0.934. The third kappa shape index (κ3) is 5.52. The van der Waals surface area contributed by atoms with Gasteiger partial charge >= 0.3 is 18.9 Å². The van der Waals surface area contributed by atoms with Crippen molar-refractivity contribution in [1.82, 2.24) is 4.98 Å². The van der Waals surface area contributed by atoms with E-state index in [2.05, 4.69) is 18.8 Å². The molecule has 0 bridgehead atoms. The van der Waals surface area contributed by atoms with Crippen molar-refractivity contribution in [3.63, 3.8) is 0 Å². The Kier molecular flexibility index (Phi) is 8.36. The summed E-state index contributed by atoms with van der Waals surface area (Å²) in [6, 6.07) is 5.30. The quantitative estimate of drug-likeness (QED) is 0.650. The van der Waals surface area contributed by atoms with E-state index in [1.165, 1.54) is 6.42 Å². The number of halogens is 1. The molecule has 0 amide bonds. The van der Waals surface area contributed by atoms with Crippen molar-refractivity contribution >= 4 is 28.2 Å². The summed E-state index contributed by atoms with van der Waals surface area (Å²) in [5.74, 6) is 0.417. The summed E-state index contributed by atoms with van der Waals surface area (Å²) in [5.41, 5.74) is 5.51. The van der Waals surface area contributed by atoms with Gasteiger partial charge in [0.15, 0.2) is 0 Å². The molecule has 0 aliphatic rings. The average Bonchev–Trinajstić information content (AvgIpc) is 2.37. The predicted octanol–water partition coefficient (Wildman–Crippen LogP) is 1.32. The average molecular weight is 301 g/mol. The van der Waals surface area contributed by atoms with Crippen LogP contribution in [0.5, 0.6) is 0 Å². The number of nitrogens with two attached hydrogens (primary N) is 1. The number of benzene rings is 1. The van der Waals surface area contributed by atoms with Gasteiger partial charge in [0.2, 0.25) is 0 Å². The monoisotopic (exact) mass is 300 g/mol. The van der Waals surface area contributed by atoms with E-state index in [9.17, 15) is 5.11 Å². The maximum Gasteiger partial charge on any atom is 1.00 e. The molecule has 2 aromatic rings. The van der Waals surface area contributed by atoms with E-state index in [4.69, 9.17) is 17.3 Å². The molecule has 0 atom stereocenters. The maximum absolute atomic E-state index is 10.1. The van der Waals surface area contributed by atoms with Crippen LogP contribution in [0.1, 0.15) is 39.2 Å². The SMILES string of the molecule is CC(C)(O)c1ccc(Cl)c2cnc(N)cc12.[CH2-]CCC.[Li+]. The molecule has 0 unspecified atom stereocenters. The second kappa shape index (κ2) is 8.66. The number of rotatable bonds is 2. The van der Waals surface area contributed by atoms with E-state index in [0.29, 0.717) is 10.8 Å². The van der Waals surface area contributed by atoms with Gasteiger partial charge in [-0.3, -0.25) is 0 Å². The molecule has 1 heterocycles. The summed E-state index contributed by atoms with van der Waals surface area (Å²) in [4.78, 5) is 4.00. The number of nitrogens with zero attached hydrogens (tertiary/aromatic N) is 1. The molecule has 0 aliphatic heterocycles. The molecule has 1 aromatic carbocycles. The smallest absolute Gasteiger partial charge is 0.386 e. The Hall–Kier alpha value is -0.723. The van der Waals surface area contributed by atoms with Gasteiger partial charge in [-0.15, -0.1) is 0 Å². The molecule has 0 aliphatic carbocycles. The number of unbranched alkanes of at least 4 members (excludes halogenated alkanes) is 1. The van der Waals surface area contributed by atoms with Gasteiger partial charge < -0.3 is 17.8 Å². The number of aliphatic hydroxyl groups is 1. The Bertz CT molecular complexity index is 580. The molecule has 21 heavy (non-hydrogen) atoms. The minimum Gasteiger partial charge on any atom is -0.386 e. The van der Waals surface area contributed by atoms with Gasteiger partial charge in [-0.05, 0) is 36.9 Å². The number of anilines is 1. The number of aromatic nitrogens is 1. The summed E-state index contributed by atoms with van der Waals surface area (Å²) in [6.07, 6.45) is 3.90. The summed E-state index contributed by atoms with van der Waals surface area (Å²) >= 11 is 6.07. The van der Waals surface area contributed by atoms with E-state index in [0.717, 1.165) is 22.8 Å². The van der Waals surface area contributed by atoms with Crippen molar-refractivity contribution in [2.24, 2.45) is 0 Å². The number of hydrogen-bond acceptors (Lipinski definition) is 3. The summed E-state index contributed by atoms with van der Waals surface area (Å²) in [6.45, 7) is 9.18. The Labute approximate surface area is 144 Å². The molecule has 0 spiro atoms. The van der Waals surface area contributed by atoms with Crippen molar-refractivity contribution in [2.45, 2.75) is 39.2 Å². The number of fused-ring (bicyclic) bond motifs is 1. The van der Waals surface area contributed by atoms with Crippen LogP contribution in [0, 0.1) is 6.92 Å². The standard InChI is InChI=1S/C12H13ClN2O.C4H9.Li/c1-12(2,16)9-3-4-10(13)8-6-15-11(14)5-7(8)9;1-3-4-2;/h3-6,16H,1-2H3,(H2,14,15);1,3-4H2,2H3;/q;-1;+1. The van der Waals surface area contributed by atoms with Crippen molar-refractivity contribution in [3.8, 4) is 0 Å². The third-order valence-corrected chi connectivity index (χ3v) is 3.21. The van der Waals surface area contributed by atoms with Gasteiger partial charge in [0, 0.05) is 16.6 Å². The normalized spacial score (nSPS) is 10.6. The van der Waals surface area contributed by atoms with Crippen LogP contribution in [-0.4, -0.2) is 10.1 Å². The van der Waals surface area contributed by atoms with E-state index in [-0.39, 0.29) is 18.9 Å². The van der Waals surface area contributed by atoms with Gasteiger partial charge in [-0.2, -0.15) is 6.42 Å². The summed E-state index contributed by atoms with van der Waals surface area (Å²) < 4.78 is 0. The van der Waals surface area contributed by atoms with Gasteiger partial charge in [0.1, 0.15) is 5.82 Å². The number of nitrogen functional groups attached to an aromatic ring is 1. The minimum absolute atomic E-state index is 0. The van der Waals surface area contributed by atoms with Crippen LogP contribution in [0.15, 0.2) is 24.4 Å². The third-order valence-electron chi connectivity index (χ3n) is 2.88. The molecule has 2 rings (SSSR count). The second-order valence-electron chi connectivity index (χ2n) is 5.16. The molecule has 1 aromatic heterocycles. The molecule has 110 valence electrons. The molecule has 0 radical (unpaired) electrons. The molecule has 0 fully saturated rings. The van der Waals surface area contributed by atoms with Gasteiger partial charge in [-0.1, -0.05) is 31.0 Å². The Balaban J connectivity index is 0.000000715. The Morgan fingerprint density at radius 2 is 1.90 bits per heavy atom. The van der Waals surface area contributed by atoms with E-state index >= 15 is 0 Å². The zero-order valence-electron chi connectivity index (χ0n) is 13.3. The molecular formula is C16H22ClLiN2O.